The third-order valence-corrected chi connectivity index (χ3v) is 3.42. The van der Waals surface area contributed by atoms with Crippen molar-refractivity contribution in [2.45, 2.75) is 6.54 Å². The van der Waals surface area contributed by atoms with Crippen LogP contribution in [0.1, 0.15) is 5.56 Å². The van der Waals surface area contributed by atoms with Crippen LogP contribution in [0.25, 0.3) is 11.1 Å². The third-order valence-electron chi connectivity index (χ3n) is 3.42. The van der Waals surface area contributed by atoms with Gasteiger partial charge < -0.3 is 13.9 Å². The van der Waals surface area contributed by atoms with Gasteiger partial charge in [0, 0.05) is 13.6 Å². The molecule has 1 aromatic heterocycles. The average Bonchev–Trinajstić information content (AvgIpc) is 2.81. The summed E-state index contributed by atoms with van der Waals surface area (Å²) in [6.07, 6.45) is 0. The van der Waals surface area contributed by atoms with Crippen molar-refractivity contribution in [1.82, 2.24) is 9.47 Å². The lowest BCUT2D eigenvalue weighted by atomic mass is 10.2. The van der Waals surface area contributed by atoms with Crippen LogP contribution < -0.4 is 5.76 Å². The van der Waals surface area contributed by atoms with Gasteiger partial charge >= 0.3 is 17.7 Å². The fourth-order valence-corrected chi connectivity index (χ4v) is 2.19. The molecule has 0 amide bonds. The second-order valence-corrected chi connectivity index (χ2v) is 5.03. The number of oxazole rings is 1. The highest BCUT2D eigenvalue weighted by atomic mass is 16.5. The fraction of sp³-hybridized carbons (Fsp3) is 0.400. The van der Waals surface area contributed by atoms with Crippen molar-refractivity contribution in [3.63, 3.8) is 0 Å². The molecule has 0 spiro atoms. The highest BCUT2D eigenvalue weighted by Gasteiger charge is 2.16. The zero-order chi connectivity index (χ0) is 17.0. The molecule has 0 unspecified atom stereocenters. The largest absolute Gasteiger partial charge is 0.468 e. The molecular weight excluding hydrogens is 304 g/mol. The van der Waals surface area contributed by atoms with Crippen LogP contribution >= 0.6 is 0 Å². The van der Waals surface area contributed by atoms with Crippen LogP contribution in [0.3, 0.4) is 0 Å². The van der Waals surface area contributed by atoms with Gasteiger partial charge in [-0.2, -0.15) is 0 Å². The van der Waals surface area contributed by atoms with Crippen LogP contribution in [0, 0.1) is 0 Å². The van der Waals surface area contributed by atoms with Crippen LogP contribution in [0.4, 0.5) is 0 Å². The molecule has 2 aromatic rings. The Bertz CT molecular complexity index is 758. The minimum Gasteiger partial charge on any atom is -0.468 e. The summed E-state index contributed by atoms with van der Waals surface area (Å²) >= 11 is 0. The van der Waals surface area contributed by atoms with E-state index in [0.717, 1.165) is 5.56 Å². The molecule has 0 aliphatic carbocycles. The zero-order valence-electron chi connectivity index (χ0n) is 13.2. The Kier molecular flexibility index (Phi) is 5.17. The van der Waals surface area contributed by atoms with E-state index in [1.165, 1.54) is 18.8 Å². The van der Waals surface area contributed by atoms with Crippen molar-refractivity contribution in [3.05, 3.63) is 34.3 Å². The quantitative estimate of drug-likeness (QED) is 0.705. The van der Waals surface area contributed by atoms with E-state index in [1.54, 1.807) is 30.1 Å². The van der Waals surface area contributed by atoms with E-state index in [2.05, 4.69) is 9.47 Å². The van der Waals surface area contributed by atoms with Crippen molar-refractivity contribution < 1.29 is 23.5 Å². The minimum absolute atomic E-state index is 0.0477. The number of rotatable bonds is 6. The Morgan fingerprint density at radius 2 is 1.78 bits per heavy atom. The smallest absolute Gasteiger partial charge is 0.419 e. The number of benzene rings is 1. The maximum absolute atomic E-state index is 11.5. The van der Waals surface area contributed by atoms with Gasteiger partial charge in [-0.25, -0.2) is 4.79 Å². The van der Waals surface area contributed by atoms with Gasteiger partial charge in [-0.1, -0.05) is 6.07 Å². The number of fused-ring (bicyclic) bond motifs is 1. The normalized spacial score (nSPS) is 11.0. The first kappa shape index (κ1) is 16.8. The summed E-state index contributed by atoms with van der Waals surface area (Å²) in [6, 6.07) is 5.23. The van der Waals surface area contributed by atoms with Crippen LogP contribution in [0.15, 0.2) is 27.4 Å². The summed E-state index contributed by atoms with van der Waals surface area (Å²) in [5.41, 5.74) is 1.94. The topological polar surface area (TPSA) is 91.0 Å². The lowest BCUT2D eigenvalue weighted by Gasteiger charge is -2.19. The maximum Gasteiger partial charge on any atom is 0.419 e. The van der Waals surface area contributed by atoms with Crippen LogP contribution in [-0.4, -0.2) is 48.7 Å². The maximum atomic E-state index is 11.5. The van der Waals surface area contributed by atoms with Crippen LogP contribution in [0.2, 0.25) is 0 Å². The van der Waals surface area contributed by atoms with E-state index in [4.69, 9.17) is 4.42 Å². The van der Waals surface area contributed by atoms with Gasteiger partial charge in [0.15, 0.2) is 5.58 Å². The molecule has 0 bridgehead atoms. The van der Waals surface area contributed by atoms with Crippen molar-refractivity contribution in [2.75, 3.05) is 27.3 Å². The predicted octanol–water partition coefficient (Wildman–Crippen LogP) is 0.279. The van der Waals surface area contributed by atoms with Gasteiger partial charge in [-0.3, -0.25) is 19.1 Å². The summed E-state index contributed by atoms with van der Waals surface area (Å²) in [5, 5.41) is 0. The summed E-state index contributed by atoms with van der Waals surface area (Å²) in [4.78, 5) is 36.0. The first-order valence-electron chi connectivity index (χ1n) is 6.89. The van der Waals surface area contributed by atoms with Gasteiger partial charge in [0.05, 0.1) is 32.8 Å². The Balaban J connectivity index is 2.23. The average molecular weight is 322 g/mol. The molecule has 23 heavy (non-hydrogen) atoms. The van der Waals surface area contributed by atoms with Crippen molar-refractivity contribution in [2.24, 2.45) is 7.05 Å². The number of hydrogen-bond donors (Lipinski definition) is 0. The summed E-state index contributed by atoms with van der Waals surface area (Å²) in [7, 11) is 4.18. The Labute approximate surface area is 132 Å². The van der Waals surface area contributed by atoms with Crippen LogP contribution in [-0.2, 0) is 32.7 Å². The molecule has 8 nitrogen and oxygen atoms in total. The molecule has 0 saturated heterocycles. The molecule has 0 aliphatic rings. The Morgan fingerprint density at radius 1 is 1.17 bits per heavy atom. The molecule has 0 aliphatic heterocycles. The molecule has 1 aromatic carbocycles. The molecule has 0 saturated carbocycles. The highest BCUT2D eigenvalue weighted by Crippen LogP contribution is 2.15. The van der Waals surface area contributed by atoms with Gasteiger partial charge in [0.25, 0.3) is 0 Å². The number of aryl methyl sites for hydroxylation is 1. The predicted molar refractivity (Wildman–Crippen MR) is 80.8 cm³/mol. The molecule has 0 radical (unpaired) electrons. The van der Waals surface area contributed by atoms with E-state index in [-0.39, 0.29) is 13.1 Å². The van der Waals surface area contributed by atoms with Crippen molar-refractivity contribution in [1.29, 1.82) is 0 Å². The van der Waals surface area contributed by atoms with E-state index >= 15 is 0 Å². The number of hydrogen-bond acceptors (Lipinski definition) is 7. The second kappa shape index (κ2) is 7.10. The highest BCUT2D eigenvalue weighted by molar-refractivity contribution is 5.75. The lowest BCUT2D eigenvalue weighted by Crippen LogP contribution is -2.35. The molecule has 0 atom stereocenters. The number of aromatic nitrogens is 1. The van der Waals surface area contributed by atoms with Crippen molar-refractivity contribution >= 4 is 23.0 Å². The Hall–Kier alpha value is -2.61. The second-order valence-electron chi connectivity index (χ2n) is 5.03. The SMILES string of the molecule is COC(=O)CN(CC(=O)OC)Cc1ccc2oc(=O)n(C)c2c1. The fourth-order valence-electron chi connectivity index (χ4n) is 2.19. The standard InChI is InChI=1S/C15H18N2O6/c1-16-11-6-10(4-5-12(11)23-15(16)20)7-17(8-13(18)21-2)9-14(19)22-3/h4-6H,7-9H2,1-3H3. The lowest BCUT2D eigenvalue weighted by molar-refractivity contribution is -0.145. The first-order valence-corrected chi connectivity index (χ1v) is 6.89. The summed E-state index contributed by atoms with van der Waals surface area (Å²) < 4.78 is 15.7. The molecule has 8 heteroatoms. The molecule has 0 N–H and O–H groups in total. The monoisotopic (exact) mass is 322 g/mol. The first-order chi connectivity index (χ1) is 10.9. The van der Waals surface area contributed by atoms with E-state index in [9.17, 15) is 14.4 Å². The molecule has 1 heterocycles. The molecule has 2 rings (SSSR count). The molecule has 0 fully saturated rings. The Morgan fingerprint density at radius 3 is 2.35 bits per heavy atom. The van der Waals surface area contributed by atoms with Crippen molar-refractivity contribution in [3.8, 4) is 0 Å². The molecule has 124 valence electrons. The van der Waals surface area contributed by atoms with Crippen LogP contribution in [0.5, 0.6) is 0 Å². The van der Waals surface area contributed by atoms with Gasteiger partial charge in [0.1, 0.15) is 0 Å². The number of esters is 2. The summed E-state index contributed by atoms with van der Waals surface area (Å²) in [5.74, 6) is -1.35. The van der Waals surface area contributed by atoms with Gasteiger partial charge in [-0.05, 0) is 17.7 Å². The van der Waals surface area contributed by atoms with E-state index in [1.807, 2.05) is 0 Å². The number of methoxy groups -OCH3 is 2. The van der Waals surface area contributed by atoms with E-state index in [0.29, 0.717) is 17.6 Å². The zero-order valence-corrected chi connectivity index (χ0v) is 13.2. The number of nitrogens with zero attached hydrogens (tertiary/aromatic N) is 2. The number of carbonyl (C=O) groups is 2. The van der Waals surface area contributed by atoms with Gasteiger partial charge in [0.2, 0.25) is 0 Å². The third kappa shape index (κ3) is 3.98. The van der Waals surface area contributed by atoms with E-state index < -0.39 is 17.7 Å². The summed E-state index contributed by atoms with van der Waals surface area (Å²) in [6.45, 7) is 0.224. The molecular formula is C15H18N2O6. The number of ether oxygens (including phenoxy) is 2. The minimum atomic E-state index is -0.453. The number of carbonyl (C=O) groups excluding carboxylic acids is 2. The van der Waals surface area contributed by atoms with Gasteiger partial charge in [-0.15, -0.1) is 0 Å².